The molecule has 0 fully saturated rings. The van der Waals surface area contributed by atoms with Gasteiger partial charge in [0.15, 0.2) is 6.61 Å². The van der Waals surface area contributed by atoms with Crippen molar-refractivity contribution in [1.29, 1.82) is 0 Å². The molecule has 7 heteroatoms. The minimum Gasteiger partial charge on any atom is -0.482 e. The molecule has 1 amide bonds. The highest BCUT2D eigenvalue weighted by atomic mass is 79.9. The second-order valence-electron chi connectivity index (χ2n) is 4.15. The van der Waals surface area contributed by atoms with E-state index in [9.17, 15) is 4.79 Å². The molecule has 0 spiro atoms. The van der Waals surface area contributed by atoms with E-state index in [0.29, 0.717) is 31.6 Å². The van der Waals surface area contributed by atoms with Crippen LogP contribution in [0.15, 0.2) is 40.9 Å². The van der Waals surface area contributed by atoms with Gasteiger partial charge in [0, 0.05) is 15.2 Å². The molecule has 0 heterocycles. The van der Waals surface area contributed by atoms with Crippen LogP contribution in [0.2, 0.25) is 10.0 Å². The van der Waals surface area contributed by atoms with Gasteiger partial charge >= 0.3 is 0 Å². The number of carbonyl (C=O) groups excluding carboxylic acids is 1. The first kappa shape index (κ1) is 15.9. The lowest BCUT2D eigenvalue weighted by Gasteiger charge is -2.10. The van der Waals surface area contributed by atoms with Crippen molar-refractivity contribution in [2.75, 3.05) is 17.7 Å². The molecule has 0 unspecified atom stereocenters. The van der Waals surface area contributed by atoms with Gasteiger partial charge in [0.2, 0.25) is 0 Å². The summed E-state index contributed by atoms with van der Waals surface area (Å²) >= 11 is 15.1. The van der Waals surface area contributed by atoms with E-state index in [2.05, 4.69) is 21.2 Å². The van der Waals surface area contributed by atoms with Crippen LogP contribution in [-0.2, 0) is 4.79 Å². The zero-order valence-corrected chi connectivity index (χ0v) is 13.8. The van der Waals surface area contributed by atoms with Crippen molar-refractivity contribution in [2.45, 2.75) is 0 Å². The number of ether oxygens (including phenoxy) is 1. The highest BCUT2D eigenvalue weighted by Gasteiger charge is 2.08. The van der Waals surface area contributed by atoms with E-state index < -0.39 is 0 Å². The van der Waals surface area contributed by atoms with Gasteiger partial charge in [-0.25, -0.2) is 0 Å². The highest BCUT2D eigenvalue weighted by Crippen LogP contribution is 2.28. The Morgan fingerprint density at radius 2 is 2.00 bits per heavy atom. The lowest BCUT2D eigenvalue weighted by atomic mass is 10.3. The summed E-state index contributed by atoms with van der Waals surface area (Å²) < 4.78 is 6.04. The lowest BCUT2D eigenvalue weighted by Crippen LogP contribution is -2.20. The number of hydrogen-bond acceptors (Lipinski definition) is 3. The van der Waals surface area contributed by atoms with E-state index in [-0.39, 0.29) is 12.5 Å². The van der Waals surface area contributed by atoms with Crippen LogP contribution in [-0.4, -0.2) is 12.5 Å². The number of rotatable bonds is 4. The molecular weight excluding hydrogens is 379 g/mol. The van der Waals surface area contributed by atoms with Gasteiger partial charge in [-0.15, -0.1) is 0 Å². The van der Waals surface area contributed by atoms with Crippen LogP contribution in [0.25, 0.3) is 0 Å². The topological polar surface area (TPSA) is 64.3 Å². The first-order valence-corrected chi connectivity index (χ1v) is 7.43. The fourth-order valence-corrected chi connectivity index (χ4v) is 2.51. The molecule has 110 valence electrons. The molecular formula is C14H11BrCl2N2O2. The maximum atomic E-state index is 11.8. The van der Waals surface area contributed by atoms with Crippen LogP contribution in [0.1, 0.15) is 0 Å². The van der Waals surface area contributed by atoms with Crippen molar-refractivity contribution < 1.29 is 9.53 Å². The van der Waals surface area contributed by atoms with E-state index in [1.807, 2.05) is 0 Å². The summed E-state index contributed by atoms with van der Waals surface area (Å²) in [6, 6.07) is 9.89. The predicted octanol–water partition coefficient (Wildman–Crippen LogP) is 4.36. The molecule has 2 aromatic carbocycles. The molecule has 0 atom stereocenters. The van der Waals surface area contributed by atoms with Crippen LogP contribution in [0, 0.1) is 0 Å². The second kappa shape index (κ2) is 7.02. The third-order valence-corrected chi connectivity index (χ3v) is 3.71. The molecule has 0 saturated carbocycles. The third-order valence-electron chi connectivity index (χ3n) is 2.52. The van der Waals surface area contributed by atoms with Crippen molar-refractivity contribution in [3.05, 3.63) is 50.9 Å². The van der Waals surface area contributed by atoms with Gasteiger partial charge in [0.25, 0.3) is 5.91 Å². The third kappa shape index (κ3) is 4.52. The van der Waals surface area contributed by atoms with Gasteiger partial charge in [0.1, 0.15) is 5.75 Å². The summed E-state index contributed by atoms with van der Waals surface area (Å²) in [5, 5.41) is 3.56. The van der Waals surface area contributed by atoms with Crippen LogP contribution in [0.5, 0.6) is 5.75 Å². The Hall–Kier alpha value is -1.43. The summed E-state index contributed by atoms with van der Waals surface area (Å²) in [6.45, 7) is -0.168. The minimum absolute atomic E-state index is 0.168. The Morgan fingerprint density at radius 3 is 2.67 bits per heavy atom. The molecule has 0 bridgehead atoms. The number of benzene rings is 2. The number of carbonyl (C=O) groups is 1. The number of halogens is 3. The zero-order valence-electron chi connectivity index (χ0n) is 10.7. The Morgan fingerprint density at radius 1 is 1.24 bits per heavy atom. The Balaban J connectivity index is 1.96. The smallest absolute Gasteiger partial charge is 0.262 e. The molecule has 2 aromatic rings. The number of hydrogen-bond donors (Lipinski definition) is 2. The van der Waals surface area contributed by atoms with Crippen LogP contribution >= 0.6 is 39.1 Å². The number of nitrogens with two attached hydrogens (primary N) is 1. The van der Waals surface area contributed by atoms with E-state index in [1.165, 1.54) is 0 Å². The standard InChI is InChI=1S/C14H11BrCl2N2O2/c15-10-6-9(18)2-3-12(10)19-14(20)7-21-13-4-1-8(16)5-11(13)17/h1-6H,7,18H2,(H,19,20). The molecule has 3 N–H and O–H groups in total. The summed E-state index contributed by atoms with van der Waals surface area (Å²) in [7, 11) is 0. The van der Waals surface area contributed by atoms with Gasteiger partial charge < -0.3 is 15.8 Å². The van der Waals surface area contributed by atoms with Crippen LogP contribution in [0.4, 0.5) is 11.4 Å². The molecule has 0 aliphatic carbocycles. The average molecular weight is 390 g/mol. The second-order valence-corrected chi connectivity index (χ2v) is 5.85. The zero-order chi connectivity index (χ0) is 15.4. The number of nitrogens with one attached hydrogen (secondary N) is 1. The van der Waals surface area contributed by atoms with Crippen molar-refractivity contribution in [3.63, 3.8) is 0 Å². The summed E-state index contributed by atoms with van der Waals surface area (Å²) in [6.07, 6.45) is 0. The number of nitrogen functional groups attached to an aromatic ring is 1. The molecule has 0 aromatic heterocycles. The van der Waals surface area contributed by atoms with Crippen molar-refractivity contribution in [2.24, 2.45) is 0 Å². The largest absolute Gasteiger partial charge is 0.482 e. The van der Waals surface area contributed by atoms with Crippen molar-refractivity contribution in [3.8, 4) is 5.75 Å². The van der Waals surface area contributed by atoms with Gasteiger partial charge in [-0.2, -0.15) is 0 Å². The summed E-state index contributed by atoms with van der Waals surface area (Å²) in [5.74, 6) is 0.0825. The van der Waals surface area contributed by atoms with Crippen LogP contribution in [0.3, 0.4) is 0 Å². The predicted molar refractivity (Wildman–Crippen MR) is 89.1 cm³/mol. The molecule has 2 rings (SSSR count). The Bertz CT molecular complexity index is 680. The van der Waals surface area contributed by atoms with E-state index in [1.54, 1.807) is 36.4 Å². The summed E-state index contributed by atoms with van der Waals surface area (Å²) in [4.78, 5) is 11.8. The van der Waals surface area contributed by atoms with Gasteiger partial charge in [0.05, 0.1) is 10.7 Å². The Labute approximate surface area is 140 Å². The maximum absolute atomic E-state index is 11.8. The summed E-state index contributed by atoms with van der Waals surface area (Å²) in [5.41, 5.74) is 6.84. The number of amides is 1. The molecule has 21 heavy (non-hydrogen) atoms. The molecule has 4 nitrogen and oxygen atoms in total. The van der Waals surface area contributed by atoms with E-state index in [0.717, 1.165) is 0 Å². The first-order chi connectivity index (χ1) is 9.95. The molecule has 0 aliphatic heterocycles. The van der Waals surface area contributed by atoms with Crippen LogP contribution < -0.4 is 15.8 Å². The lowest BCUT2D eigenvalue weighted by molar-refractivity contribution is -0.118. The van der Waals surface area contributed by atoms with Gasteiger partial charge in [-0.1, -0.05) is 23.2 Å². The van der Waals surface area contributed by atoms with E-state index in [4.69, 9.17) is 33.7 Å². The fourth-order valence-electron chi connectivity index (χ4n) is 1.55. The maximum Gasteiger partial charge on any atom is 0.262 e. The van der Waals surface area contributed by atoms with Gasteiger partial charge in [-0.3, -0.25) is 4.79 Å². The van der Waals surface area contributed by atoms with Crippen molar-refractivity contribution >= 4 is 56.4 Å². The SMILES string of the molecule is Nc1ccc(NC(=O)COc2ccc(Cl)cc2Cl)c(Br)c1. The highest BCUT2D eigenvalue weighted by molar-refractivity contribution is 9.10. The monoisotopic (exact) mass is 388 g/mol. The molecule has 0 radical (unpaired) electrons. The number of anilines is 2. The Kier molecular flexibility index (Phi) is 5.33. The van der Waals surface area contributed by atoms with Crippen molar-refractivity contribution in [1.82, 2.24) is 0 Å². The molecule has 0 aliphatic rings. The minimum atomic E-state index is -0.313. The quantitative estimate of drug-likeness (QED) is 0.763. The van der Waals surface area contributed by atoms with Gasteiger partial charge in [-0.05, 0) is 52.3 Å². The molecule has 0 saturated heterocycles. The van der Waals surface area contributed by atoms with E-state index >= 15 is 0 Å². The fraction of sp³-hybridized carbons (Fsp3) is 0.0714. The average Bonchev–Trinajstić information content (AvgIpc) is 2.41. The normalized spacial score (nSPS) is 10.2. The first-order valence-electron chi connectivity index (χ1n) is 5.88.